The lowest BCUT2D eigenvalue weighted by Gasteiger charge is -2.10. The molecule has 156 valence electrons. The molecule has 4 aromatic rings. The first-order valence-corrected chi connectivity index (χ1v) is 9.85. The van der Waals surface area contributed by atoms with Gasteiger partial charge < -0.3 is 19.4 Å². The second-order valence-corrected chi connectivity index (χ2v) is 7.36. The standard InChI is InChI=1S/C23H20N4O4/c1-14-18-11-24-27(17-6-4-3-5-7-17)23(29)22(18)15(2)26(14)12-21(28)25-16-8-9-19-20(10-16)31-13-30-19/h3-11H,12-13H2,1-2H3,(H,25,28). The highest BCUT2D eigenvalue weighted by atomic mass is 16.7. The van der Waals surface area contributed by atoms with Gasteiger partial charge in [0, 0.05) is 28.5 Å². The van der Waals surface area contributed by atoms with Crippen LogP contribution in [0.15, 0.2) is 59.5 Å². The van der Waals surface area contributed by atoms with Gasteiger partial charge >= 0.3 is 0 Å². The largest absolute Gasteiger partial charge is 0.454 e. The zero-order chi connectivity index (χ0) is 21.5. The van der Waals surface area contributed by atoms with Gasteiger partial charge in [-0.2, -0.15) is 9.78 Å². The molecule has 31 heavy (non-hydrogen) atoms. The summed E-state index contributed by atoms with van der Waals surface area (Å²) in [4.78, 5) is 25.9. The van der Waals surface area contributed by atoms with Gasteiger partial charge in [-0.25, -0.2) is 0 Å². The Balaban J connectivity index is 1.47. The third-order valence-electron chi connectivity index (χ3n) is 5.50. The molecule has 0 saturated carbocycles. The second kappa shape index (κ2) is 7.32. The first-order chi connectivity index (χ1) is 15.0. The van der Waals surface area contributed by atoms with Crippen molar-refractivity contribution in [3.8, 4) is 17.2 Å². The average Bonchev–Trinajstić information content (AvgIpc) is 3.33. The van der Waals surface area contributed by atoms with Crippen LogP contribution in [-0.4, -0.2) is 27.0 Å². The maximum Gasteiger partial charge on any atom is 0.281 e. The Bertz CT molecular complexity index is 1370. The summed E-state index contributed by atoms with van der Waals surface area (Å²) in [6.45, 7) is 3.98. The van der Waals surface area contributed by atoms with Crippen LogP contribution in [0.5, 0.6) is 11.5 Å². The lowest BCUT2D eigenvalue weighted by Crippen LogP contribution is -2.22. The lowest BCUT2D eigenvalue weighted by molar-refractivity contribution is -0.116. The van der Waals surface area contributed by atoms with E-state index in [9.17, 15) is 9.59 Å². The normalized spacial score (nSPS) is 12.3. The van der Waals surface area contributed by atoms with Gasteiger partial charge in [-0.05, 0) is 38.1 Å². The van der Waals surface area contributed by atoms with Gasteiger partial charge in [-0.1, -0.05) is 18.2 Å². The van der Waals surface area contributed by atoms with Crippen molar-refractivity contribution in [2.75, 3.05) is 12.1 Å². The molecule has 0 bridgehead atoms. The van der Waals surface area contributed by atoms with Gasteiger partial charge in [0.1, 0.15) is 6.54 Å². The quantitative estimate of drug-likeness (QED) is 0.552. The fourth-order valence-electron chi connectivity index (χ4n) is 3.92. The number of fused-ring (bicyclic) bond motifs is 2. The molecule has 0 aliphatic carbocycles. The highest BCUT2D eigenvalue weighted by molar-refractivity contribution is 5.93. The number of nitrogens with one attached hydrogen (secondary N) is 1. The number of hydrogen-bond acceptors (Lipinski definition) is 5. The Morgan fingerprint density at radius 3 is 2.65 bits per heavy atom. The summed E-state index contributed by atoms with van der Waals surface area (Å²) in [5.74, 6) is 1.05. The van der Waals surface area contributed by atoms with Crippen LogP contribution >= 0.6 is 0 Å². The summed E-state index contributed by atoms with van der Waals surface area (Å²) in [6.07, 6.45) is 1.68. The molecule has 0 radical (unpaired) electrons. The number of carbonyl (C=O) groups excluding carboxylic acids is 1. The van der Waals surface area contributed by atoms with Crippen molar-refractivity contribution in [3.05, 3.63) is 76.5 Å². The fraction of sp³-hybridized carbons (Fsp3) is 0.174. The SMILES string of the molecule is Cc1c2cnn(-c3ccccc3)c(=O)c2c(C)n1CC(=O)Nc1ccc2c(c1)OCO2. The number of aryl methyl sites for hydroxylation is 2. The van der Waals surface area contributed by atoms with Gasteiger partial charge in [-0.15, -0.1) is 0 Å². The summed E-state index contributed by atoms with van der Waals surface area (Å²) in [5, 5.41) is 8.52. The van der Waals surface area contributed by atoms with E-state index in [-0.39, 0.29) is 24.8 Å². The molecular weight excluding hydrogens is 396 g/mol. The number of benzene rings is 2. The number of hydrogen-bond donors (Lipinski definition) is 1. The van der Waals surface area contributed by atoms with Crippen LogP contribution in [0.2, 0.25) is 0 Å². The molecule has 2 aromatic heterocycles. The average molecular weight is 416 g/mol. The number of nitrogens with zero attached hydrogens (tertiary/aromatic N) is 3. The van der Waals surface area contributed by atoms with Crippen LogP contribution in [0.25, 0.3) is 16.5 Å². The van der Waals surface area contributed by atoms with E-state index in [0.29, 0.717) is 28.3 Å². The number of carbonyl (C=O) groups is 1. The Morgan fingerprint density at radius 1 is 1.06 bits per heavy atom. The van der Waals surface area contributed by atoms with Crippen LogP contribution in [0.1, 0.15) is 11.4 Å². The molecule has 3 heterocycles. The third kappa shape index (κ3) is 3.22. The van der Waals surface area contributed by atoms with E-state index >= 15 is 0 Å². The molecule has 0 saturated heterocycles. The Kier molecular flexibility index (Phi) is 4.47. The number of anilines is 1. The van der Waals surface area contributed by atoms with Crippen LogP contribution in [0, 0.1) is 13.8 Å². The van der Waals surface area contributed by atoms with Crippen molar-refractivity contribution >= 4 is 22.4 Å². The van der Waals surface area contributed by atoms with Gasteiger partial charge in [0.05, 0.1) is 17.3 Å². The van der Waals surface area contributed by atoms with Crippen molar-refractivity contribution in [1.29, 1.82) is 0 Å². The summed E-state index contributed by atoms with van der Waals surface area (Å²) in [6, 6.07) is 14.5. The number of rotatable bonds is 4. The van der Waals surface area contributed by atoms with Gasteiger partial charge in [0.2, 0.25) is 12.7 Å². The summed E-state index contributed by atoms with van der Waals surface area (Å²) < 4.78 is 13.9. The molecule has 0 fully saturated rings. The van der Waals surface area contributed by atoms with Crippen molar-refractivity contribution < 1.29 is 14.3 Å². The Labute approximate surface area is 177 Å². The molecule has 5 rings (SSSR count). The molecule has 0 spiro atoms. The molecule has 2 aromatic carbocycles. The third-order valence-corrected chi connectivity index (χ3v) is 5.50. The fourth-order valence-corrected chi connectivity index (χ4v) is 3.92. The predicted molar refractivity (Wildman–Crippen MR) is 116 cm³/mol. The molecule has 8 heteroatoms. The lowest BCUT2D eigenvalue weighted by atomic mass is 10.2. The molecule has 8 nitrogen and oxygen atoms in total. The zero-order valence-corrected chi connectivity index (χ0v) is 17.1. The van der Waals surface area contributed by atoms with Crippen molar-refractivity contribution in [2.45, 2.75) is 20.4 Å². The second-order valence-electron chi connectivity index (χ2n) is 7.36. The summed E-state index contributed by atoms with van der Waals surface area (Å²) >= 11 is 0. The topological polar surface area (TPSA) is 87.4 Å². The van der Waals surface area contributed by atoms with E-state index in [4.69, 9.17) is 9.47 Å². The first kappa shape index (κ1) is 18.9. The first-order valence-electron chi connectivity index (χ1n) is 9.85. The highest BCUT2D eigenvalue weighted by Crippen LogP contribution is 2.34. The minimum absolute atomic E-state index is 0.0750. The number of aromatic nitrogens is 3. The van der Waals surface area contributed by atoms with E-state index in [2.05, 4.69) is 10.4 Å². The molecule has 0 atom stereocenters. The van der Waals surface area contributed by atoms with E-state index in [1.54, 1.807) is 24.4 Å². The van der Waals surface area contributed by atoms with E-state index in [1.165, 1.54) is 4.68 Å². The molecule has 1 aliphatic rings. The molecular formula is C23H20N4O4. The number of ether oxygens (including phenoxy) is 2. The molecule has 0 unspecified atom stereocenters. The minimum Gasteiger partial charge on any atom is -0.454 e. The van der Waals surface area contributed by atoms with Crippen LogP contribution in [0.4, 0.5) is 5.69 Å². The van der Waals surface area contributed by atoms with Crippen LogP contribution in [0.3, 0.4) is 0 Å². The van der Waals surface area contributed by atoms with Crippen LogP contribution in [-0.2, 0) is 11.3 Å². The summed E-state index contributed by atoms with van der Waals surface area (Å²) in [5.41, 5.74) is 2.65. The van der Waals surface area contributed by atoms with Gasteiger partial charge in [0.15, 0.2) is 11.5 Å². The zero-order valence-electron chi connectivity index (χ0n) is 17.1. The van der Waals surface area contributed by atoms with Gasteiger partial charge in [-0.3, -0.25) is 9.59 Å². The van der Waals surface area contributed by atoms with Crippen LogP contribution < -0.4 is 20.3 Å². The Hall–Kier alpha value is -4.07. The van der Waals surface area contributed by atoms with E-state index < -0.39 is 0 Å². The maximum absolute atomic E-state index is 13.2. The summed E-state index contributed by atoms with van der Waals surface area (Å²) in [7, 11) is 0. The number of amides is 1. The monoisotopic (exact) mass is 416 g/mol. The molecule has 1 amide bonds. The number of para-hydroxylation sites is 1. The predicted octanol–water partition coefficient (Wildman–Crippen LogP) is 3.17. The van der Waals surface area contributed by atoms with E-state index in [1.807, 2.05) is 48.7 Å². The Morgan fingerprint density at radius 2 is 1.84 bits per heavy atom. The van der Waals surface area contributed by atoms with Gasteiger partial charge in [0.25, 0.3) is 5.56 Å². The molecule has 1 N–H and O–H groups in total. The smallest absolute Gasteiger partial charge is 0.281 e. The van der Waals surface area contributed by atoms with Crippen molar-refractivity contribution in [3.63, 3.8) is 0 Å². The van der Waals surface area contributed by atoms with Crippen molar-refractivity contribution in [1.82, 2.24) is 14.3 Å². The maximum atomic E-state index is 13.2. The van der Waals surface area contributed by atoms with E-state index in [0.717, 1.165) is 16.8 Å². The highest BCUT2D eigenvalue weighted by Gasteiger charge is 2.19. The van der Waals surface area contributed by atoms with Crippen molar-refractivity contribution in [2.24, 2.45) is 0 Å². The minimum atomic E-state index is -0.209. The molecule has 1 aliphatic heterocycles.